The lowest BCUT2D eigenvalue weighted by molar-refractivity contribution is -0.498. The Morgan fingerprint density at radius 2 is 1.67 bits per heavy atom. The maximum Gasteiger partial charge on any atom is 0.430 e. The molecule has 0 radical (unpaired) electrons. The number of aliphatic carboxylic acids is 1. The summed E-state index contributed by atoms with van der Waals surface area (Å²) in [5.41, 5.74) is 3.03. The highest BCUT2D eigenvalue weighted by molar-refractivity contribution is 6.11. The lowest BCUT2D eigenvalue weighted by Gasteiger charge is -2.06. The predicted octanol–water partition coefficient (Wildman–Crippen LogP) is 3.49. The van der Waals surface area contributed by atoms with Crippen molar-refractivity contribution >= 4 is 44.6 Å². The van der Waals surface area contributed by atoms with Crippen LogP contribution in [0.4, 0.5) is 18.9 Å². The van der Waals surface area contributed by atoms with Gasteiger partial charge in [0.2, 0.25) is 5.69 Å². The van der Waals surface area contributed by atoms with Crippen molar-refractivity contribution in [3.63, 3.8) is 0 Å². The average molecular weight is 530 g/mol. The van der Waals surface area contributed by atoms with Gasteiger partial charge in [0, 0.05) is 39.6 Å². The Labute approximate surface area is 218 Å². The van der Waals surface area contributed by atoms with Crippen molar-refractivity contribution in [1.82, 2.24) is 9.97 Å². The number of hydrogen-bond acceptors (Lipinski definition) is 4. The number of anilines is 1. The summed E-state index contributed by atoms with van der Waals surface area (Å²) in [6.45, 7) is 0. The maximum atomic E-state index is 13.4. The number of aromatic amines is 2. The largest absolute Gasteiger partial charge is 0.542 e. The number of nitrogens with zero attached hydrogens (tertiary/aromatic N) is 2. The molecule has 11 heteroatoms. The van der Waals surface area contributed by atoms with Crippen molar-refractivity contribution in [3.05, 3.63) is 103 Å². The first-order valence-corrected chi connectivity index (χ1v) is 11.6. The summed E-state index contributed by atoms with van der Waals surface area (Å²) in [5.74, 6) is -2.37. The number of pyridine rings is 3. The second-order valence-corrected chi connectivity index (χ2v) is 8.40. The number of carbonyl (C=O) groups is 2. The highest BCUT2D eigenvalue weighted by Crippen LogP contribution is 2.26. The quantitative estimate of drug-likeness (QED) is 0.341. The van der Waals surface area contributed by atoms with Crippen LogP contribution in [-0.2, 0) is 4.79 Å². The van der Waals surface area contributed by atoms with Gasteiger partial charge in [-0.15, -0.1) is 0 Å². The minimum Gasteiger partial charge on any atom is -0.542 e. The van der Waals surface area contributed by atoms with Gasteiger partial charge in [0.05, 0.1) is 6.20 Å². The summed E-state index contributed by atoms with van der Waals surface area (Å²) in [6, 6.07) is 21.7. The standard InChI is InChI=1S/C26H17N5O.C2HF3O2/c32-26(29-22-9-5-7-18-14-27-12-11-20(18)22)24-23-10-3-4-13-31(23)25(30-24)21-16-28-15-17-6-1-2-8-19(17)21;3-2(4,5)1(6)7/h1-16H,(H,29,32);(H,6,7)/p+1. The number of hydrogen-bond donors (Lipinski definition) is 2. The third-order valence-corrected chi connectivity index (χ3v) is 5.96. The number of aromatic nitrogens is 4. The van der Waals surface area contributed by atoms with Gasteiger partial charge >= 0.3 is 6.18 Å². The number of benzene rings is 2. The number of fused-ring (bicyclic) bond motifs is 3. The minimum atomic E-state index is -5.19. The van der Waals surface area contributed by atoms with Gasteiger partial charge in [-0.3, -0.25) is 9.78 Å². The van der Waals surface area contributed by atoms with Gasteiger partial charge in [-0.05, 0) is 30.3 Å². The lowest BCUT2D eigenvalue weighted by Crippen LogP contribution is -2.37. The van der Waals surface area contributed by atoms with Crippen LogP contribution in [0.1, 0.15) is 10.5 Å². The Morgan fingerprint density at radius 1 is 0.923 bits per heavy atom. The van der Waals surface area contributed by atoms with Crippen LogP contribution in [-0.4, -0.2) is 28.0 Å². The molecule has 0 saturated heterocycles. The van der Waals surface area contributed by atoms with Crippen molar-refractivity contribution in [1.29, 1.82) is 0 Å². The van der Waals surface area contributed by atoms with E-state index in [0.717, 1.165) is 44.1 Å². The Balaban J connectivity index is 0.000000392. The molecule has 194 valence electrons. The topological polar surface area (TPSA) is 116 Å². The van der Waals surface area contributed by atoms with Crippen LogP contribution in [0.15, 0.2) is 97.7 Å². The Kier molecular flexibility index (Phi) is 6.63. The molecular formula is C28H19F3N5O3+. The van der Waals surface area contributed by atoms with E-state index < -0.39 is 12.1 Å². The van der Waals surface area contributed by atoms with Crippen LogP contribution < -0.4 is 19.8 Å². The minimum absolute atomic E-state index is 0.200. The number of alkyl halides is 3. The van der Waals surface area contributed by atoms with E-state index in [-0.39, 0.29) is 5.91 Å². The van der Waals surface area contributed by atoms with Gasteiger partial charge in [0.25, 0.3) is 11.7 Å². The molecule has 3 N–H and O–H groups in total. The molecule has 1 amide bonds. The number of amides is 1. The van der Waals surface area contributed by atoms with E-state index in [9.17, 15) is 18.0 Å². The smallest absolute Gasteiger partial charge is 0.430 e. The number of rotatable bonds is 3. The number of imidazole rings is 1. The Morgan fingerprint density at radius 3 is 2.46 bits per heavy atom. The molecule has 0 bridgehead atoms. The van der Waals surface area contributed by atoms with Crippen LogP contribution in [0.3, 0.4) is 0 Å². The van der Waals surface area contributed by atoms with Gasteiger partial charge < -0.3 is 15.2 Å². The second-order valence-electron chi connectivity index (χ2n) is 8.40. The molecule has 0 atom stereocenters. The fraction of sp³-hybridized carbons (Fsp3) is 0.0357. The summed E-state index contributed by atoms with van der Waals surface area (Å²) in [7, 11) is 0. The zero-order valence-electron chi connectivity index (χ0n) is 20.0. The molecule has 8 nitrogen and oxygen atoms in total. The van der Waals surface area contributed by atoms with E-state index in [0.29, 0.717) is 5.69 Å². The number of halogens is 3. The van der Waals surface area contributed by atoms with Crippen molar-refractivity contribution in [2.45, 2.75) is 6.18 Å². The predicted molar refractivity (Wildman–Crippen MR) is 134 cm³/mol. The molecule has 0 spiro atoms. The van der Waals surface area contributed by atoms with E-state index in [1.807, 2.05) is 77.6 Å². The van der Waals surface area contributed by atoms with E-state index in [1.54, 1.807) is 12.4 Å². The number of carboxylic acids is 1. The highest BCUT2D eigenvalue weighted by atomic mass is 19.4. The number of H-pyrrole nitrogens is 2. The van der Waals surface area contributed by atoms with Crippen LogP contribution in [0.2, 0.25) is 0 Å². The van der Waals surface area contributed by atoms with Crippen molar-refractivity contribution in [3.8, 4) is 11.4 Å². The second kappa shape index (κ2) is 10.2. The molecule has 0 saturated carbocycles. The van der Waals surface area contributed by atoms with Crippen molar-refractivity contribution in [2.75, 3.05) is 5.32 Å². The third kappa shape index (κ3) is 5.10. The molecular weight excluding hydrogens is 511 g/mol. The summed E-state index contributed by atoms with van der Waals surface area (Å²) in [5, 5.41) is 16.0. The first-order chi connectivity index (χ1) is 18.7. The molecule has 4 aromatic heterocycles. The van der Waals surface area contributed by atoms with Gasteiger partial charge in [0.15, 0.2) is 17.9 Å². The van der Waals surface area contributed by atoms with E-state index in [1.165, 1.54) is 0 Å². The molecule has 0 aliphatic rings. The summed E-state index contributed by atoms with van der Waals surface area (Å²) >= 11 is 0. The summed E-state index contributed by atoms with van der Waals surface area (Å²) in [4.78, 5) is 33.0. The third-order valence-electron chi connectivity index (χ3n) is 5.96. The first-order valence-electron chi connectivity index (χ1n) is 11.6. The van der Waals surface area contributed by atoms with Crippen LogP contribution in [0.25, 0.3) is 38.4 Å². The fourth-order valence-corrected chi connectivity index (χ4v) is 4.23. The molecule has 2 aromatic carbocycles. The number of carbonyl (C=O) groups excluding carboxylic acids is 2. The normalized spacial score (nSPS) is 11.3. The highest BCUT2D eigenvalue weighted by Gasteiger charge is 2.29. The van der Waals surface area contributed by atoms with E-state index in [2.05, 4.69) is 32.4 Å². The summed E-state index contributed by atoms with van der Waals surface area (Å²) in [6.07, 6.45) is 4.21. The number of nitrogens with one attached hydrogen (secondary N) is 3. The zero-order chi connectivity index (χ0) is 27.6. The zero-order valence-corrected chi connectivity index (χ0v) is 20.0. The molecule has 6 rings (SSSR count). The average Bonchev–Trinajstić information content (AvgIpc) is 3.32. The van der Waals surface area contributed by atoms with Gasteiger partial charge in [-0.2, -0.15) is 17.6 Å². The molecule has 6 aromatic rings. The van der Waals surface area contributed by atoms with Crippen LogP contribution in [0.5, 0.6) is 0 Å². The van der Waals surface area contributed by atoms with Crippen molar-refractivity contribution in [2.24, 2.45) is 0 Å². The van der Waals surface area contributed by atoms with Gasteiger partial charge in [0.1, 0.15) is 11.5 Å². The molecule has 4 heterocycles. The van der Waals surface area contributed by atoms with Crippen LogP contribution in [0, 0.1) is 0 Å². The fourth-order valence-electron chi connectivity index (χ4n) is 4.23. The van der Waals surface area contributed by atoms with Crippen molar-refractivity contribution < 1.29 is 37.3 Å². The maximum absolute atomic E-state index is 13.4. The van der Waals surface area contributed by atoms with E-state index in [4.69, 9.17) is 9.90 Å². The molecule has 39 heavy (non-hydrogen) atoms. The SMILES string of the molecule is O=C(Nc1cccc2cnccc12)c1[nH]c(-c2c[nH+]cc3ccccc23)[n+]2ccccc12.O=C([O-])C(F)(F)F. The molecule has 0 aliphatic heterocycles. The van der Waals surface area contributed by atoms with Gasteiger partial charge in [-0.1, -0.05) is 36.4 Å². The monoisotopic (exact) mass is 530 g/mol. The summed E-state index contributed by atoms with van der Waals surface area (Å²) < 4.78 is 33.6. The molecule has 0 unspecified atom stereocenters. The van der Waals surface area contributed by atoms with Gasteiger partial charge in [-0.25, -0.2) is 9.97 Å². The first kappa shape index (κ1) is 25.3. The number of carboxylic acid groups (broad SMARTS) is 1. The lowest BCUT2D eigenvalue weighted by atomic mass is 10.1. The Bertz CT molecular complexity index is 1840. The van der Waals surface area contributed by atoms with E-state index >= 15 is 0 Å². The van der Waals surface area contributed by atoms with Crippen LogP contribution >= 0.6 is 0 Å². The molecule has 0 aliphatic carbocycles. The molecule has 0 fully saturated rings. The Hall–Kier alpha value is -5.32.